The van der Waals surface area contributed by atoms with E-state index in [1.165, 1.54) is 43.5 Å². The van der Waals surface area contributed by atoms with Crippen LogP contribution >= 0.6 is 0 Å². The van der Waals surface area contributed by atoms with E-state index in [4.69, 9.17) is 4.74 Å². The number of methoxy groups -OCH3 is 1. The predicted octanol–water partition coefficient (Wildman–Crippen LogP) is 3.46. The predicted molar refractivity (Wildman–Crippen MR) is 75.4 cm³/mol. The number of benzene rings is 1. The molecule has 0 saturated carbocycles. The molecule has 0 bridgehead atoms. The zero-order valence-electron chi connectivity index (χ0n) is 11.7. The maximum Gasteiger partial charge on any atom is 0.0713 e. The summed E-state index contributed by atoms with van der Waals surface area (Å²) in [5, 5.41) is 0. The SMILES string of the molecule is CCC1CCN(Cc2ccc(COC)cc2)CC1. The second-order valence-electron chi connectivity index (χ2n) is 5.38. The maximum absolute atomic E-state index is 5.13. The highest BCUT2D eigenvalue weighted by atomic mass is 16.5. The third-order valence-corrected chi connectivity index (χ3v) is 4.02. The molecule has 0 spiro atoms. The van der Waals surface area contributed by atoms with Crippen LogP contribution in [0.1, 0.15) is 37.3 Å². The summed E-state index contributed by atoms with van der Waals surface area (Å²) in [5.41, 5.74) is 2.68. The van der Waals surface area contributed by atoms with Gasteiger partial charge in [-0.1, -0.05) is 37.6 Å². The van der Waals surface area contributed by atoms with Crippen molar-refractivity contribution in [2.24, 2.45) is 5.92 Å². The van der Waals surface area contributed by atoms with Crippen LogP contribution < -0.4 is 0 Å². The van der Waals surface area contributed by atoms with Crippen LogP contribution in [0, 0.1) is 5.92 Å². The smallest absolute Gasteiger partial charge is 0.0713 e. The van der Waals surface area contributed by atoms with Crippen LogP contribution in [-0.2, 0) is 17.9 Å². The van der Waals surface area contributed by atoms with Crippen LogP contribution in [0.3, 0.4) is 0 Å². The largest absolute Gasteiger partial charge is 0.380 e. The minimum atomic E-state index is 0.710. The highest BCUT2D eigenvalue weighted by Crippen LogP contribution is 2.21. The van der Waals surface area contributed by atoms with Crippen molar-refractivity contribution in [1.29, 1.82) is 0 Å². The Kier molecular flexibility index (Phi) is 5.21. The Hall–Kier alpha value is -0.860. The molecule has 1 aliphatic heterocycles. The first kappa shape index (κ1) is 13.6. The van der Waals surface area contributed by atoms with Gasteiger partial charge in [0.15, 0.2) is 0 Å². The van der Waals surface area contributed by atoms with Crippen molar-refractivity contribution in [3.8, 4) is 0 Å². The summed E-state index contributed by atoms with van der Waals surface area (Å²) < 4.78 is 5.13. The summed E-state index contributed by atoms with van der Waals surface area (Å²) in [5.74, 6) is 0.963. The Bertz CT molecular complexity index is 339. The van der Waals surface area contributed by atoms with Crippen LogP contribution in [0.2, 0.25) is 0 Å². The van der Waals surface area contributed by atoms with Crippen LogP contribution in [0.5, 0.6) is 0 Å². The van der Waals surface area contributed by atoms with Gasteiger partial charge in [0.2, 0.25) is 0 Å². The van der Waals surface area contributed by atoms with E-state index >= 15 is 0 Å². The fourth-order valence-electron chi connectivity index (χ4n) is 2.72. The van der Waals surface area contributed by atoms with Gasteiger partial charge in [-0.25, -0.2) is 0 Å². The monoisotopic (exact) mass is 247 g/mol. The molecular formula is C16H25NO. The Balaban J connectivity index is 1.82. The van der Waals surface area contributed by atoms with Gasteiger partial charge in [0, 0.05) is 13.7 Å². The van der Waals surface area contributed by atoms with Gasteiger partial charge in [-0.2, -0.15) is 0 Å². The molecule has 2 rings (SSSR count). The van der Waals surface area contributed by atoms with E-state index in [1.807, 2.05) is 0 Å². The van der Waals surface area contributed by atoms with Crippen LogP contribution in [0.15, 0.2) is 24.3 Å². The number of rotatable bonds is 5. The lowest BCUT2D eigenvalue weighted by Crippen LogP contribution is -2.32. The van der Waals surface area contributed by atoms with Crippen molar-refractivity contribution < 1.29 is 4.74 Å². The molecule has 1 fully saturated rings. The Morgan fingerprint density at radius 1 is 1.11 bits per heavy atom. The first-order chi connectivity index (χ1) is 8.81. The molecule has 0 aliphatic carbocycles. The average molecular weight is 247 g/mol. The number of ether oxygens (including phenoxy) is 1. The lowest BCUT2D eigenvalue weighted by Gasteiger charge is -2.31. The summed E-state index contributed by atoms with van der Waals surface area (Å²) >= 11 is 0. The van der Waals surface area contributed by atoms with Crippen molar-refractivity contribution in [3.63, 3.8) is 0 Å². The molecule has 1 heterocycles. The van der Waals surface area contributed by atoms with Crippen molar-refractivity contribution in [2.45, 2.75) is 39.3 Å². The van der Waals surface area contributed by atoms with E-state index in [2.05, 4.69) is 36.1 Å². The number of likely N-dealkylation sites (tertiary alicyclic amines) is 1. The molecule has 100 valence electrons. The fraction of sp³-hybridized carbons (Fsp3) is 0.625. The molecule has 1 saturated heterocycles. The van der Waals surface area contributed by atoms with Gasteiger partial charge >= 0.3 is 0 Å². The topological polar surface area (TPSA) is 12.5 Å². The lowest BCUT2D eigenvalue weighted by molar-refractivity contribution is 0.174. The van der Waals surface area contributed by atoms with Crippen molar-refractivity contribution in [3.05, 3.63) is 35.4 Å². The summed E-state index contributed by atoms with van der Waals surface area (Å²) in [6.07, 6.45) is 4.09. The minimum absolute atomic E-state index is 0.710. The number of nitrogens with zero attached hydrogens (tertiary/aromatic N) is 1. The molecule has 0 radical (unpaired) electrons. The van der Waals surface area contributed by atoms with Gasteiger partial charge in [0.1, 0.15) is 0 Å². The molecule has 1 aliphatic rings. The minimum Gasteiger partial charge on any atom is -0.380 e. The third-order valence-electron chi connectivity index (χ3n) is 4.02. The zero-order chi connectivity index (χ0) is 12.8. The third kappa shape index (κ3) is 3.82. The summed E-state index contributed by atoms with van der Waals surface area (Å²) in [6, 6.07) is 8.83. The summed E-state index contributed by atoms with van der Waals surface area (Å²) in [4.78, 5) is 2.58. The lowest BCUT2D eigenvalue weighted by atomic mass is 9.94. The van der Waals surface area contributed by atoms with Crippen LogP contribution in [0.25, 0.3) is 0 Å². The van der Waals surface area contributed by atoms with Gasteiger partial charge in [0.05, 0.1) is 6.61 Å². The highest BCUT2D eigenvalue weighted by molar-refractivity contribution is 5.22. The Labute approximate surface area is 111 Å². The van der Waals surface area contributed by atoms with Crippen LogP contribution in [0.4, 0.5) is 0 Å². The first-order valence-electron chi connectivity index (χ1n) is 7.11. The molecule has 18 heavy (non-hydrogen) atoms. The van der Waals surface area contributed by atoms with Gasteiger partial charge in [0.25, 0.3) is 0 Å². The second kappa shape index (κ2) is 6.91. The molecule has 2 heteroatoms. The van der Waals surface area contributed by atoms with E-state index in [9.17, 15) is 0 Å². The molecule has 1 aromatic carbocycles. The fourth-order valence-corrected chi connectivity index (χ4v) is 2.72. The van der Waals surface area contributed by atoms with E-state index in [-0.39, 0.29) is 0 Å². The number of hydrogen-bond donors (Lipinski definition) is 0. The normalized spacial score (nSPS) is 18.1. The van der Waals surface area contributed by atoms with Gasteiger partial charge in [-0.15, -0.1) is 0 Å². The first-order valence-corrected chi connectivity index (χ1v) is 7.11. The van der Waals surface area contributed by atoms with E-state index in [1.54, 1.807) is 7.11 Å². The van der Waals surface area contributed by atoms with Crippen LogP contribution in [-0.4, -0.2) is 25.1 Å². The molecule has 0 amide bonds. The Morgan fingerprint density at radius 2 is 1.72 bits per heavy atom. The van der Waals surface area contributed by atoms with E-state index in [0.29, 0.717) is 6.61 Å². The van der Waals surface area contributed by atoms with E-state index < -0.39 is 0 Å². The van der Waals surface area contributed by atoms with Gasteiger partial charge < -0.3 is 4.74 Å². The van der Waals surface area contributed by atoms with Crippen molar-refractivity contribution in [1.82, 2.24) is 4.90 Å². The Morgan fingerprint density at radius 3 is 2.28 bits per heavy atom. The van der Waals surface area contributed by atoms with Gasteiger partial charge in [-0.05, 0) is 43.0 Å². The molecule has 0 aromatic heterocycles. The average Bonchev–Trinajstić information content (AvgIpc) is 2.42. The zero-order valence-corrected chi connectivity index (χ0v) is 11.7. The van der Waals surface area contributed by atoms with Gasteiger partial charge in [-0.3, -0.25) is 4.90 Å². The second-order valence-corrected chi connectivity index (χ2v) is 5.38. The van der Waals surface area contributed by atoms with E-state index in [0.717, 1.165) is 12.5 Å². The molecule has 2 nitrogen and oxygen atoms in total. The maximum atomic E-state index is 5.13. The van der Waals surface area contributed by atoms with Crippen molar-refractivity contribution >= 4 is 0 Å². The highest BCUT2D eigenvalue weighted by Gasteiger charge is 2.17. The molecule has 1 aromatic rings. The van der Waals surface area contributed by atoms with Crippen molar-refractivity contribution in [2.75, 3.05) is 20.2 Å². The molecule has 0 N–H and O–H groups in total. The molecular weight excluding hydrogens is 222 g/mol. The number of piperidine rings is 1. The molecule has 0 atom stereocenters. The summed E-state index contributed by atoms with van der Waals surface area (Å²) in [7, 11) is 1.74. The molecule has 0 unspecified atom stereocenters. The quantitative estimate of drug-likeness (QED) is 0.790. The number of hydrogen-bond acceptors (Lipinski definition) is 2. The standard InChI is InChI=1S/C16H25NO/c1-3-14-8-10-17(11-9-14)12-15-4-6-16(7-5-15)13-18-2/h4-7,14H,3,8-13H2,1-2H3. The summed E-state index contributed by atoms with van der Waals surface area (Å²) in [6.45, 7) is 6.65.